The zero-order valence-corrected chi connectivity index (χ0v) is 13.1. The molecule has 2 aromatic rings. The topological polar surface area (TPSA) is 59.2 Å². The van der Waals surface area contributed by atoms with Crippen molar-refractivity contribution in [3.8, 4) is 10.7 Å². The number of nitrogens with zero attached hydrogens (tertiary/aromatic N) is 3. The Morgan fingerprint density at radius 1 is 1.48 bits per heavy atom. The number of carbonyl (C=O) groups is 1. The van der Waals surface area contributed by atoms with E-state index in [1.54, 1.807) is 11.3 Å². The smallest absolute Gasteiger partial charge is 0.233 e. The van der Waals surface area contributed by atoms with Crippen LogP contribution in [0.4, 0.5) is 0 Å². The molecular formula is C15H19N3O2S. The lowest BCUT2D eigenvalue weighted by molar-refractivity contribution is -0.140. The Hall–Kier alpha value is -1.69. The second-order valence-electron chi connectivity index (χ2n) is 5.39. The van der Waals surface area contributed by atoms with Crippen molar-refractivity contribution in [1.29, 1.82) is 0 Å². The van der Waals surface area contributed by atoms with Gasteiger partial charge < -0.3 is 9.42 Å². The van der Waals surface area contributed by atoms with E-state index in [-0.39, 0.29) is 17.7 Å². The summed E-state index contributed by atoms with van der Waals surface area (Å²) in [4.78, 5) is 19.6. The molecule has 1 aliphatic heterocycles. The molecule has 21 heavy (non-hydrogen) atoms. The lowest BCUT2D eigenvalue weighted by Gasteiger charge is -2.39. The van der Waals surface area contributed by atoms with Crippen molar-refractivity contribution in [2.75, 3.05) is 13.1 Å². The summed E-state index contributed by atoms with van der Waals surface area (Å²) in [5.41, 5.74) is 0. The zero-order valence-electron chi connectivity index (χ0n) is 12.3. The van der Waals surface area contributed by atoms with Gasteiger partial charge in [-0.25, -0.2) is 0 Å². The highest BCUT2D eigenvalue weighted by Crippen LogP contribution is 2.30. The molecule has 1 aliphatic rings. The molecule has 0 bridgehead atoms. The van der Waals surface area contributed by atoms with Crippen LogP contribution in [0.25, 0.3) is 10.7 Å². The molecule has 0 unspecified atom stereocenters. The predicted octanol–water partition coefficient (Wildman–Crippen LogP) is 3.16. The quantitative estimate of drug-likeness (QED) is 0.851. The van der Waals surface area contributed by atoms with Crippen molar-refractivity contribution < 1.29 is 9.32 Å². The van der Waals surface area contributed by atoms with Crippen LogP contribution in [0, 0.1) is 5.92 Å². The second kappa shape index (κ2) is 5.97. The molecule has 1 amide bonds. The van der Waals surface area contributed by atoms with Crippen molar-refractivity contribution in [2.24, 2.45) is 5.92 Å². The second-order valence-corrected chi connectivity index (χ2v) is 6.33. The first-order chi connectivity index (χ1) is 10.2. The minimum absolute atomic E-state index is 0.148. The third-order valence-corrected chi connectivity index (χ3v) is 4.93. The average molecular weight is 305 g/mol. The predicted molar refractivity (Wildman–Crippen MR) is 81.0 cm³/mol. The summed E-state index contributed by atoms with van der Waals surface area (Å²) in [6.07, 6.45) is 1.80. The Labute approximate surface area is 128 Å². The van der Waals surface area contributed by atoms with Gasteiger partial charge in [0.05, 0.1) is 10.8 Å². The minimum Gasteiger partial charge on any atom is -0.341 e. The molecule has 5 nitrogen and oxygen atoms in total. The fourth-order valence-electron chi connectivity index (χ4n) is 2.62. The van der Waals surface area contributed by atoms with Gasteiger partial charge in [-0.3, -0.25) is 4.79 Å². The van der Waals surface area contributed by atoms with Crippen molar-refractivity contribution in [3.05, 3.63) is 23.4 Å². The number of thiophene rings is 1. The molecule has 1 saturated heterocycles. The van der Waals surface area contributed by atoms with Crippen LogP contribution in [0.3, 0.4) is 0 Å². The van der Waals surface area contributed by atoms with Gasteiger partial charge in [-0.2, -0.15) is 4.98 Å². The van der Waals surface area contributed by atoms with E-state index in [9.17, 15) is 4.79 Å². The number of amides is 1. The molecule has 0 radical (unpaired) electrons. The van der Waals surface area contributed by atoms with E-state index >= 15 is 0 Å². The van der Waals surface area contributed by atoms with Crippen molar-refractivity contribution >= 4 is 17.2 Å². The van der Waals surface area contributed by atoms with Crippen LogP contribution in [-0.2, 0) is 4.79 Å². The summed E-state index contributed by atoms with van der Waals surface area (Å²) >= 11 is 1.59. The third-order valence-electron chi connectivity index (χ3n) is 4.06. The van der Waals surface area contributed by atoms with Crippen molar-refractivity contribution in [2.45, 2.75) is 32.6 Å². The van der Waals surface area contributed by atoms with E-state index in [0.29, 0.717) is 24.8 Å². The van der Waals surface area contributed by atoms with Crippen molar-refractivity contribution in [1.82, 2.24) is 15.0 Å². The molecule has 0 N–H and O–H groups in total. The van der Waals surface area contributed by atoms with Gasteiger partial charge in [-0.05, 0) is 24.3 Å². The number of rotatable bonds is 5. The Kier molecular flexibility index (Phi) is 4.05. The zero-order chi connectivity index (χ0) is 14.8. The largest absolute Gasteiger partial charge is 0.341 e. The normalized spacial score (nSPS) is 15.5. The van der Waals surface area contributed by atoms with Crippen LogP contribution in [0.2, 0.25) is 0 Å². The molecular weight excluding hydrogens is 286 g/mol. The minimum atomic E-state index is 0.148. The van der Waals surface area contributed by atoms with Gasteiger partial charge in [0.1, 0.15) is 0 Å². The molecule has 3 rings (SSSR count). The summed E-state index contributed by atoms with van der Waals surface area (Å²) in [6.45, 7) is 5.52. The number of hydrogen-bond donors (Lipinski definition) is 0. The highest BCUT2D eigenvalue weighted by atomic mass is 32.1. The molecule has 0 aromatic carbocycles. The highest BCUT2D eigenvalue weighted by molar-refractivity contribution is 7.13. The van der Waals surface area contributed by atoms with Crippen LogP contribution in [0.5, 0.6) is 0 Å². The Morgan fingerprint density at radius 2 is 2.24 bits per heavy atom. The lowest BCUT2D eigenvalue weighted by atomic mass is 9.95. The monoisotopic (exact) mass is 305 g/mol. The first-order valence-electron chi connectivity index (χ1n) is 7.39. The summed E-state index contributed by atoms with van der Waals surface area (Å²) in [5.74, 6) is 1.88. The Morgan fingerprint density at radius 3 is 2.86 bits per heavy atom. The summed E-state index contributed by atoms with van der Waals surface area (Å²) in [5, 5.41) is 6.01. The third kappa shape index (κ3) is 2.72. The fraction of sp³-hybridized carbons (Fsp3) is 0.533. The van der Waals surface area contributed by atoms with Gasteiger partial charge in [-0.15, -0.1) is 11.3 Å². The molecule has 2 aromatic heterocycles. The number of hydrogen-bond acceptors (Lipinski definition) is 5. The SMILES string of the molecule is CCC(CC)C(=O)N1CC(c2nc(-c3cccs3)no2)C1. The first-order valence-corrected chi connectivity index (χ1v) is 8.27. The maximum atomic E-state index is 12.2. The molecule has 1 fully saturated rings. The molecule has 0 aliphatic carbocycles. The van der Waals surface area contributed by atoms with Crippen LogP contribution in [0.15, 0.2) is 22.0 Å². The van der Waals surface area contributed by atoms with Crippen LogP contribution >= 0.6 is 11.3 Å². The number of likely N-dealkylation sites (tertiary alicyclic amines) is 1. The van der Waals surface area contributed by atoms with Crippen LogP contribution in [-0.4, -0.2) is 34.0 Å². The van der Waals surface area contributed by atoms with Gasteiger partial charge in [0, 0.05) is 19.0 Å². The van der Waals surface area contributed by atoms with Crippen molar-refractivity contribution in [3.63, 3.8) is 0 Å². The maximum absolute atomic E-state index is 12.2. The maximum Gasteiger partial charge on any atom is 0.233 e. The molecule has 0 saturated carbocycles. The molecule has 0 atom stereocenters. The lowest BCUT2D eigenvalue weighted by Crippen LogP contribution is -2.50. The summed E-state index contributed by atoms with van der Waals surface area (Å²) in [6, 6.07) is 3.94. The Balaban J connectivity index is 1.60. The van der Waals surface area contributed by atoms with Crippen LogP contribution < -0.4 is 0 Å². The van der Waals surface area contributed by atoms with E-state index in [0.717, 1.165) is 17.7 Å². The highest BCUT2D eigenvalue weighted by Gasteiger charge is 2.37. The summed E-state index contributed by atoms with van der Waals surface area (Å²) in [7, 11) is 0. The van der Waals surface area contributed by atoms with Gasteiger partial charge in [0.25, 0.3) is 0 Å². The number of aromatic nitrogens is 2. The molecule has 6 heteroatoms. The van der Waals surface area contributed by atoms with Crippen LogP contribution in [0.1, 0.15) is 38.5 Å². The first kappa shape index (κ1) is 14.3. The fourth-order valence-corrected chi connectivity index (χ4v) is 3.27. The number of carbonyl (C=O) groups excluding carboxylic acids is 1. The van der Waals surface area contributed by atoms with Gasteiger partial charge >= 0.3 is 0 Å². The van der Waals surface area contributed by atoms with Gasteiger partial charge in [0.2, 0.25) is 17.6 Å². The van der Waals surface area contributed by atoms with E-state index in [2.05, 4.69) is 24.0 Å². The Bertz CT molecular complexity index is 598. The standard InChI is InChI=1S/C15H19N3O2S/c1-3-10(4-2)15(19)18-8-11(9-18)14-16-13(17-20-14)12-6-5-7-21-12/h5-7,10-11H,3-4,8-9H2,1-2H3. The average Bonchev–Trinajstić information content (AvgIpc) is 3.09. The van der Waals surface area contributed by atoms with E-state index in [1.165, 1.54) is 0 Å². The van der Waals surface area contributed by atoms with E-state index in [1.807, 2.05) is 22.4 Å². The molecule has 112 valence electrons. The molecule has 0 spiro atoms. The van der Waals surface area contributed by atoms with E-state index < -0.39 is 0 Å². The van der Waals surface area contributed by atoms with Gasteiger partial charge in [-0.1, -0.05) is 25.1 Å². The summed E-state index contributed by atoms with van der Waals surface area (Å²) < 4.78 is 5.34. The van der Waals surface area contributed by atoms with E-state index in [4.69, 9.17) is 4.52 Å². The molecule has 3 heterocycles. The van der Waals surface area contributed by atoms with Gasteiger partial charge in [0.15, 0.2) is 0 Å².